The van der Waals surface area contributed by atoms with Gasteiger partial charge in [0.15, 0.2) is 0 Å². The number of hydrogen-bond acceptors (Lipinski definition) is 7. The van der Waals surface area contributed by atoms with E-state index < -0.39 is 15.8 Å². The van der Waals surface area contributed by atoms with Gasteiger partial charge >= 0.3 is 0 Å². The van der Waals surface area contributed by atoms with E-state index in [0.29, 0.717) is 38.2 Å². The van der Waals surface area contributed by atoms with Gasteiger partial charge in [-0.3, -0.25) is 9.10 Å². The maximum absolute atomic E-state index is 13.9. The largest absolute Gasteiger partial charge is 0.506 e. The predicted molar refractivity (Wildman–Crippen MR) is 162 cm³/mol. The number of nitrogens with zero attached hydrogens (tertiary/aromatic N) is 1. The Morgan fingerprint density at radius 3 is 2.49 bits per heavy atom. The Bertz CT molecular complexity index is 1510. The monoisotopic (exact) mass is 614 g/mol. The zero-order chi connectivity index (χ0) is 31.1. The minimum Gasteiger partial charge on any atom is -0.506 e. The molecule has 232 valence electrons. The van der Waals surface area contributed by atoms with E-state index in [2.05, 4.69) is 5.32 Å². The molecule has 11 heteroatoms. The summed E-state index contributed by atoms with van der Waals surface area (Å²) in [6.07, 6.45) is 1.49. The molecule has 2 atom stereocenters. The van der Waals surface area contributed by atoms with Crippen LogP contribution in [-0.4, -0.2) is 58.4 Å². The number of aromatic hydroxyl groups is 1. The van der Waals surface area contributed by atoms with Gasteiger partial charge in [0.25, 0.3) is 15.9 Å². The van der Waals surface area contributed by atoms with Crippen molar-refractivity contribution >= 4 is 21.6 Å². The first-order chi connectivity index (χ1) is 20.5. The molecule has 9 nitrogen and oxygen atoms in total. The number of benzene rings is 3. The molecule has 0 saturated carbocycles. The van der Waals surface area contributed by atoms with Crippen molar-refractivity contribution < 1.29 is 36.9 Å². The third-order valence-electron chi connectivity index (χ3n) is 7.10. The predicted octanol–water partition coefficient (Wildman–Crippen LogP) is 5.31. The molecule has 1 aliphatic heterocycles. The summed E-state index contributed by atoms with van der Waals surface area (Å²) in [6, 6.07) is 14.6. The Labute approximate surface area is 252 Å². The van der Waals surface area contributed by atoms with E-state index in [4.69, 9.17) is 14.2 Å². The Balaban J connectivity index is 1.43. The van der Waals surface area contributed by atoms with E-state index >= 15 is 0 Å². The van der Waals surface area contributed by atoms with E-state index in [1.807, 2.05) is 20.8 Å². The Morgan fingerprint density at radius 2 is 1.86 bits per heavy atom. The van der Waals surface area contributed by atoms with Crippen LogP contribution in [0.15, 0.2) is 65.6 Å². The minimum absolute atomic E-state index is 0.00455. The van der Waals surface area contributed by atoms with Crippen LogP contribution in [0.4, 0.5) is 10.1 Å². The number of phenolic OH excluding ortho intramolecular Hbond substituents is 1. The fourth-order valence-electron chi connectivity index (χ4n) is 4.79. The summed E-state index contributed by atoms with van der Waals surface area (Å²) in [5.74, 6) is -0.321. The summed E-state index contributed by atoms with van der Waals surface area (Å²) < 4.78 is 58.6. The number of aryl methyl sites for hydroxylation is 1. The minimum atomic E-state index is -3.96. The molecule has 43 heavy (non-hydrogen) atoms. The van der Waals surface area contributed by atoms with E-state index in [0.717, 1.165) is 5.56 Å². The molecular weight excluding hydrogens is 575 g/mol. The molecule has 1 aliphatic rings. The van der Waals surface area contributed by atoms with E-state index in [9.17, 15) is 22.7 Å². The van der Waals surface area contributed by atoms with Crippen molar-refractivity contribution in [1.82, 2.24) is 5.32 Å². The van der Waals surface area contributed by atoms with Crippen molar-refractivity contribution in [3.63, 3.8) is 0 Å². The van der Waals surface area contributed by atoms with Crippen LogP contribution >= 0.6 is 0 Å². The van der Waals surface area contributed by atoms with E-state index in [1.54, 1.807) is 30.3 Å². The van der Waals surface area contributed by atoms with E-state index in [-0.39, 0.29) is 58.2 Å². The van der Waals surface area contributed by atoms with Gasteiger partial charge in [-0.25, -0.2) is 12.8 Å². The highest BCUT2D eigenvalue weighted by molar-refractivity contribution is 7.92. The lowest BCUT2D eigenvalue weighted by molar-refractivity contribution is 0.0927. The van der Waals surface area contributed by atoms with Crippen LogP contribution in [0.25, 0.3) is 0 Å². The third kappa shape index (κ3) is 8.17. The first kappa shape index (κ1) is 32.1. The van der Waals surface area contributed by atoms with Gasteiger partial charge in [0.05, 0.1) is 36.5 Å². The summed E-state index contributed by atoms with van der Waals surface area (Å²) in [4.78, 5) is 13.1. The van der Waals surface area contributed by atoms with Gasteiger partial charge in [-0.1, -0.05) is 19.9 Å². The third-order valence-corrected chi connectivity index (χ3v) is 8.89. The molecule has 2 N–H and O–H groups in total. The van der Waals surface area contributed by atoms with Crippen LogP contribution < -0.4 is 19.1 Å². The van der Waals surface area contributed by atoms with Crippen molar-refractivity contribution in [2.75, 3.05) is 31.2 Å². The quantitative estimate of drug-likeness (QED) is 0.268. The van der Waals surface area contributed by atoms with Crippen molar-refractivity contribution in [3.05, 3.63) is 77.6 Å². The molecule has 0 aliphatic carbocycles. The number of rotatable bonds is 13. The van der Waals surface area contributed by atoms with Crippen LogP contribution in [0.5, 0.6) is 17.2 Å². The number of carbonyl (C=O) groups is 1. The number of hydrogen-bond donors (Lipinski definition) is 2. The Hall–Kier alpha value is -3.83. The van der Waals surface area contributed by atoms with Gasteiger partial charge in [-0.15, -0.1) is 0 Å². The van der Waals surface area contributed by atoms with Crippen LogP contribution in [0.1, 0.15) is 49.5 Å². The average Bonchev–Trinajstić information content (AvgIpc) is 3.48. The second-order valence-corrected chi connectivity index (χ2v) is 12.9. The standard InChI is InChI=1S/C32H39FN2O7S/c1-21(2)19-35(43(38,39)27-11-9-25(40-4)10-12-27)29-14-7-23(17-30(29)36)6-5-22(3)34-32(37)28-13-8-24(33)18-31(28)42-26-15-16-41-20-26/h7-14,17-18,21-22,26,36H,5-6,15-16,19-20H2,1-4H3,(H,34,37)/t22-,26-/m0/s1. The molecule has 1 heterocycles. The fourth-order valence-corrected chi connectivity index (χ4v) is 6.43. The lowest BCUT2D eigenvalue weighted by Crippen LogP contribution is -2.34. The van der Waals surface area contributed by atoms with Gasteiger partial charge in [-0.2, -0.15) is 0 Å². The number of amides is 1. The zero-order valence-corrected chi connectivity index (χ0v) is 25.7. The molecule has 3 aromatic rings. The highest BCUT2D eigenvalue weighted by Gasteiger charge is 2.28. The number of halogens is 1. The van der Waals surface area contributed by atoms with Crippen molar-refractivity contribution in [2.24, 2.45) is 5.92 Å². The number of sulfonamides is 1. The molecule has 0 bridgehead atoms. The number of anilines is 1. The SMILES string of the molecule is COc1ccc(S(=O)(=O)N(CC(C)C)c2ccc(CC[C@H](C)NC(=O)c3ccc(F)cc3O[C@H]3CCOC3)cc2O)cc1. The number of phenols is 1. The summed E-state index contributed by atoms with van der Waals surface area (Å²) in [5.41, 5.74) is 1.21. The normalized spacial score (nSPS) is 15.7. The van der Waals surface area contributed by atoms with Gasteiger partial charge in [0.2, 0.25) is 0 Å². The van der Waals surface area contributed by atoms with E-state index in [1.165, 1.54) is 41.7 Å². The van der Waals surface area contributed by atoms with Crippen LogP contribution in [-0.2, 0) is 21.2 Å². The second-order valence-electron chi connectivity index (χ2n) is 11.1. The Morgan fingerprint density at radius 1 is 1.12 bits per heavy atom. The summed E-state index contributed by atoms with van der Waals surface area (Å²) in [5, 5.41) is 13.9. The van der Waals surface area contributed by atoms with Crippen LogP contribution in [0.2, 0.25) is 0 Å². The van der Waals surface area contributed by atoms with Crippen molar-refractivity contribution in [3.8, 4) is 17.2 Å². The zero-order valence-electron chi connectivity index (χ0n) is 24.9. The maximum atomic E-state index is 13.9. The number of nitrogens with one attached hydrogen (secondary N) is 1. The average molecular weight is 615 g/mol. The number of ether oxygens (including phenoxy) is 3. The molecule has 1 fully saturated rings. The highest BCUT2D eigenvalue weighted by Crippen LogP contribution is 2.34. The fraction of sp³-hybridized carbons (Fsp3) is 0.406. The molecule has 0 unspecified atom stereocenters. The maximum Gasteiger partial charge on any atom is 0.264 e. The molecule has 1 saturated heterocycles. The van der Waals surface area contributed by atoms with Crippen LogP contribution in [0.3, 0.4) is 0 Å². The van der Waals surface area contributed by atoms with Gasteiger partial charge in [-0.05, 0) is 79.8 Å². The van der Waals surface area contributed by atoms with Crippen molar-refractivity contribution in [2.45, 2.75) is 57.1 Å². The first-order valence-electron chi connectivity index (χ1n) is 14.3. The second kappa shape index (κ2) is 14.1. The topological polar surface area (TPSA) is 114 Å². The molecular formula is C32H39FN2O7S. The summed E-state index contributed by atoms with van der Waals surface area (Å²) in [7, 11) is -2.45. The molecule has 1 amide bonds. The number of methoxy groups -OCH3 is 1. The summed E-state index contributed by atoms with van der Waals surface area (Å²) in [6.45, 7) is 6.79. The Kier molecular flexibility index (Phi) is 10.5. The van der Waals surface area contributed by atoms with Gasteiger partial charge in [0, 0.05) is 25.1 Å². The lowest BCUT2D eigenvalue weighted by atomic mass is 10.0. The molecule has 0 radical (unpaired) electrons. The summed E-state index contributed by atoms with van der Waals surface area (Å²) >= 11 is 0. The smallest absolute Gasteiger partial charge is 0.264 e. The van der Waals surface area contributed by atoms with Crippen molar-refractivity contribution in [1.29, 1.82) is 0 Å². The lowest BCUT2D eigenvalue weighted by Gasteiger charge is -2.27. The highest BCUT2D eigenvalue weighted by atomic mass is 32.2. The molecule has 4 rings (SSSR count). The van der Waals surface area contributed by atoms with Gasteiger partial charge in [0.1, 0.15) is 29.2 Å². The first-order valence-corrected chi connectivity index (χ1v) is 15.8. The van der Waals surface area contributed by atoms with Crippen LogP contribution in [0, 0.1) is 11.7 Å². The molecule has 0 aromatic heterocycles. The molecule has 0 spiro atoms. The van der Waals surface area contributed by atoms with Gasteiger partial charge < -0.3 is 24.6 Å². The number of carbonyl (C=O) groups excluding carboxylic acids is 1. The molecule has 3 aromatic carbocycles.